The molecule has 18 heavy (non-hydrogen) atoms. The lowest BCUT2D eigenvalue weighted by molar-refractivity contribution is 0.0756. The zero-order valence-electron chi connectivity index (χ0n) is 11.0. The van der Waals surface area contributed by atoms with E-state index in [-0.39, 0.29) is 0 Å². The first-order valence-electron chi connectivity index (χ1n) is 6.09. The highest BCUT2D eigenvalue weighted by Gasteiger charge is 2.08. The Kier molecular flexibility index (Phi) is 6.86. The van der Waals surface area contributed by atoms with Crippen molar-refractivity contribution in [3.63, 3.8) is 0 Å². The van der Waals surface area contributed by atoms with Gasteiger partial charge in [-0.15, -0.1) is 0 Å². The third-order valence-electron chi connectivity index (χ3n) is 2.62. The van der Waals surface area contributed by atoms with Crippen molar-refractivity contribution < 1.29 is 9.84 Å². The fourth-order valence-corrected chi connectivity index (χ4v) is 1.66. The van der Waals surface area contributed by atoms with Gasteiger partial charge in [0.05, 0.1) is 17.7 Å². The molecule has 3 nitrogen and oxygen atoms in total. The second-order valence-corrected chi connectivity index (χ2v) is 4.94. The van der Waals surface area contributed by atoms with E-state index in [9.17, 15) is 5.11 Å². The number of nitrogens with zero attached hydrogens (tertiary/aromatic N) is 1. The summed E-state index contributed by atoms with van der Waals surface area (Å²) >= 11 is 5.13. The Balaban J connectivity index is 2.12. The molecule has 0 saturated carbocycles. The lowest BCUT2D eigenvalue weighted by atomic mass is 10.2. The number of hydrogen-bond donors (Lipinski definition) is 1. The maximum atomic E-state index is 9.77. The Morgan fingerprint density at radius 1 is 1.33 bits per heavy atom. The van der Waals surface area contributed by atoms with Crippen LogP contribution in [0, 0.1) is 0 Å². The van der Waals surface area contributed by atoms with Crippen molar-refractivity contribution in [2.75, 3.05) is 20.7 Å². The van der Waals surface area contributed by atoms with Crippen molar-refractivity contribution >= 4 is 17.2 Å². The van der Waals surface area contributed by atoms with Crippen LogP contribution >= 0.6 is 12.2 Å². The predicted molar refractivity (Wildman–Crippen MR) is 77.6 cm³/mol. The fraction of sp³-hybridized carbons (Fsp3) is 0.500. The molecule has 1 aromatic rings. The largest absolute Gasteiger partial charge is 0.393 e. The van der Waals surface area contributed by atoms with E-state index in [2.05, 4.69) is 0 Å². The molecule has 1 N–H and O–H groups in total. The normalized spacial score (nSPS) is 12.2. The van der Waals surface area contributed by atoms with Gasteiger partial charge in [-0.05, 0) is 12.0 Å². The lowest BCUT2D eigenvalue weighted by Crippen LogP contribution is -2.25. The highest BCUT2D eigenvalue weighted by atomic mass is 32.1. The van der Waals surface area contributed by atoms with Crippen molar-refractivity contribution in [1.29, 1.82) is 0 Å². The van der Waals surface area contributed by atoms with Gasteiger partial charge in [0.2, 0.25) is 0 Å². The average molecular weight is 267 g/mol. The van der Waals surface area contributed by atoms with E-state index in [1.165, 1.54) is 0 Å². The van der Waals surface area contributed by atoms with Gasteiger partial charge in [0, 0.05) is 27.1 Å². The van der Waals surface area contributed by atoms with Crippen molar-refractivity contribution in [1.82, 2.24) is 4.90 Å². The summed E-state index contributed by atoms with van der Waals surface area (Å²) in [5.74, 6) is 0. The van der Waals surface area contributed by atoms with Gasteiger partial charge < -0.3 is 14.7 Å². The van der Waals surface area contributed by atoms with Gasteiger partial charge in [-0.2, -0.15) is 0 Å². The summed E-state index contributed by atoms with van der Waals surface area (Å²) in [4.78, 5) is 2.62. The van der Waals surface area contributed by atoms with E-state index in [1.807, 2.05) is 49.3 Å². The quantitative estimate of drug-likeness (QED) is 0.606. The number of ether oxygens (including phenoxy) is 1. The van der Waals surface area contributed by atoms with E-state index >= 15 is 0 Å². The van der Waals surface area contributed by atoms with E-state index in [0.717, 1.165) is 10.6 Å². The minimum atomic E-state index is -0.421. The first-order valence-corrected chi connectivity index (χ1v) is 6.50. The summed E-state index contributed by atoms with van der Waals surface area (Å²) in [5, 5.41) is 9.77. The van der Waals surface area contributed by atoms with Gasteiger partial charge in [-0.25, -0.2) is 0 Å². The topological polar surface area (TPSA) is 32.7 Å². The zero-order valence-corrected chi connectivity index (χ0v) is 11.8. The zero-order chi connectivity index (χ0) is 13.4. The van der Waals surface area contributed by atoms with E-state index < -0.39 is 6.10 Å². The number of thiocarbonyl (C=S) groups is 1. The van der Waals surface area contributed by atoms with Gasteiger partial charge in [0.1, 0.15) is 0 Å². The number of benzene rings is 1. The molecule has 0 aliphatic carbocycles. The Labute approximate surface area is 114 Å². The summed E-state index contributed by atoms with van der Waals surface area (Å²) in [5.41, 5.74) is 1.15. The molecule has 1 aromatic carbocycles. The number of aliphatic hydroxyl groups excluding tert-OH is 1. The highest BCUT2D eigenvalue weighted by Crippen LogP contribution is 2.05. The Hall–Kier alpha value is -0.970. The minimum Gasteiger partial charge on any atom is -0.393 e. The van der Waals surface area contributed by atoms with Crippen LogP contribution in [0.25, 0.3) is 0 Å². The lowest BCUT2D eigenvalue weighted by Gasteiger charge is -2.17. The van der Waals surface area contributed by atoms with E-state index in [4.69, 9.17) is 17.0 Å². The predicted octanol–water partition coefficient (Wildman–Crippen LogP) is 2.23. The van der Waals surface area contributed by atoms with Gasteiger partial charge in [0.25, 0.3) is 0 Å². The Bertz CT molecular complexity index is 354. The van der Waals surface area contributed by atoms with Gasteiger partial charge >= 0.3 is 0 Å². The monoisotopic (exact) mass is 267 g/mol. The van der Waals surface area contributed by atoms with Gasteiger partial charge in [-0.1, -0.05) is 42.5 Å². The molecule has 0 spiro atoms. The molecule has 0 heterocycles. The molecule has 1 rings (SSSR count). The molecule has 0 bridgehead atoms. The molecule has 0 aromatic heterocycles. The third-order valence-corrected chi connectivity index (χ3v) is 3.15. The molecule has 100 valence electrons. The van der Waals surface area contributed by atoms with Crippen molar-refractivity contribution in [2.24, 2.45) is 0 Å². The number of hydrogen-bond acceptors (Lipinski definition) is 3. The molecular formula is C14H21NO2S. The number of aliphatic hydroxyl groups is 1. The van der Waals surface area contributed by atoms with Crippen LogP contribution < -0.4 is 0 Å². The van der Waals surface area contributed by atoms with E-state index in [0.29, 0.717) is 26.1 Å². The van der Waals surface area contributed by atoms with Crippen LogP contribution in [0.4, 0.5) is 0 Å². The van der Waals surface area contributed by atoms with E-state index in [1.54, 1.807) is 0 Å². The van der Waals surface area contributed by atoms with Crippen molar-refractivity contribution in [3.8, 4) is 0 Å². The SMILES string of the molecule is CN(C)C(=S)C[C@H](O)CCOCc1ccccc1. The Morgan fingerprint density at radius 3 is 2.61 bits per heavy atom. The summed E-state index contributed by atoms with van der Waals surface area (Å²) < 4.78 is 5.52. The van der Waals surface area contributed by atoms with Crippen LogP contribution in [0.5, 0.6) is 0 Å². The summed E-state index contributed by atoms with van der Waals surface area (Å²) in [6.07, 6.45) is 0.716. The number of rotatable bonds is 7. The van der Waals surface area contributed by atoms with Crippen molar-refractivity contribution in [3.05, 3.63) is 35.9 Å². The van der Waals surface area contributed by atoms with Crippen molar-refractivity contribution in [2.45, 2.75) is 25.6 Å². The van der Waals surface area contributed by atoms with Crippen LogP contribution in [-0.4, -0.2) is 41.8 Å². The molecule has 0 amide bonds. The van der Waals surface area contributed by atoms with Crippen LogP contribution in [0.3, 0.4) is 0 Å². The second-order valence-electron chi connectivity index (χ2n) is 4.47. The fourth-order valence-electron chi connectivity index (χ4n) is 1.47. The molecule has 0 aliphatic heterocycles. The smallest absolute Gasteiger partial charge is 0.0800 e. The minimum absolute atomic E-state index is 0.421. The molecule has 0 radical (unpaired) electrons. The van der Waals surface area contributed by atoms with Crippen LogP contribution in [0.1, 0.15) is 18.4 Å². The highest BCUT2D eigenvalue weighted by molar-refractivity contribution is 7.80. The Morgan fingerprint density at radius 2 is 2.00 bits per heavy atom. The molecule has 0 saturated heterocycles. The van der Waals surface area contributed by atoms with Crippen LogP contribution in [-0.2, 0) is 11.3 Å². The molecule has 0 unspecified atom stereocenters. The first kappa shape index (κ1) is 15.1. The first-order chi connectivity index (χ1) is 8.59. The standard InChI is InChI=1S/C14H21NO2S/c1-15(2)14(18)10-13(16)8-9-17-11-12-6-4-3-5-7-12/h3-7,13,16H,8-11H2,1-2H3/t13-/m1/s1. The average Bonchev–Trinajstić information content (AvgIpc) is 2.35. The summed E-state index contributed by atoms with van der Waals surface area (Å²) in [7, 11) is 3.78. The molecule has 0 aliphatic rings. The maximum absolute atomic E-state index is 9.77. The molecular weight excluding hydrogens is 246 g/mol. The van der Waals surface area contributed by atoms with Gasteiger partial charge in [-0.3, -0.25) is 0 Å². The molecule has 0 fully saturated rings. The second kappa shape index (κ2) is 8.19. The maximum Gasteiger partial charge on any atom is 0.0800 e. The van der Waals surface area contributed by atoms with Crippen LogP contribution in [0.2, 0.25) is 0 Å². The molecule has 1 atom stereocenters. The summed E-state index contributed by atoms with van der Waals surface area (Å²) in [6.45, 7) is 1.14. The van der Waals surface area contributed by atoms with Crippen LogP contribution in [0.15, 0.2) is 30.3 Å². The summed E-state index contributed by atoms with van der Waals surface area (Å²) in [6, 6.07) is 10.0. The molecule has 4 heteroatoms. The third kappa shape index (κ3) is 6.10. The van der Waals surface area contributed by atoms with Gasteiger partial charge in [0.15, 0.2) is 0 Å².